The van der Waals surface area contributed by atoms with Crippen molar-refractivity contribution < 1.29 is 23.4 Å². The molecule has 0 heterocycles. The molecule has 6 nitrogen and oxygen atoms in total. The fourth-order valence-corrected chi connectivity index (χ4v) is 1.31. The van der Waals surface area contributed by atoms with E-state index in [4.69, 9.17) is 14.2 Å². The van der Waals surface area contributed by atoms with Gasteiger partial charge in [-0.15, -0.1) is 0 Å². The maximum atomic E-state index is 13.0. The van der Waals surface area contributed by atoms with Crippen molar-refractivity contribution in [3.05, 3.63) is 0 Å². The lowest BCUT2D eigenvalue weighted by atomic mass is 10.3. The van der Waals surface area contributed by atoms with Crippen molar-refractivity contribution in [2.45, 2.75) is 46.8 Å². The van der Waals surface area contributed by atoms with Gasteiger partial charge in [-0.3, -0.25) is 4.79 Å². The number of rotatable bonds is 15. The Labute approximate surface area is 146 Å². The molecule has 0 aromatic carbocycles. The van der Waals surface area contributed by atoms with Crippen LogP contribution in [-0.2, 0) is 19.0 Å². The molecule has 0 saturated carbocycles. The summed E-state index contributed by atoms with van der Waals surface area (Å²) in [5.41, 5.74) is 0. The van der Waals surface area contributed by atoms with Crippen molar-refractivity contribution in [1.29, 1.82) is 0 Å². The fourth-order valence-electron chi connectivity index (χ4n) is 1.31. The zero-order valence-electron chi connectivity index (χ0n) is 16.0. The molecule has 0 saturated heterocycles. The maximum absolute atomic E-state index is 13.0. The maximum Gasteiger partial charge on any atom is 0.207 e. The van der Waals surface area contributed by atoms with E-state index in [1.54, 1.807) is 0 Å². The van der Waals surface area contributed by atoms with Gasteiger partial charge in [0.2, 0.25) is 6.41 Å². The molecule has 0 aromatic heterocycles. The molecular formula is C17H37FN2O4. The van der Waals surface area contributed by atoms with Gasteiger partial charge in [-0.1, -0.05) is 34.6 Å². The summed E-state index contributed by atoms with van der Waals surface area (Å²) in [5.74, 6) is 0.833. The minimum absolute atomic E-state index is 0.0252. The number of hydrogen-bond donors (Lipinski definition) is 2. The van der Waals surface area contributed by atoms with E-state index >= 15 is 0 Å². The standard InChI is InChI=1S/C13H27FN2O4.C4H10/c1-12(2)16-3-4-18-5-6-19-7-8-20-10-13(14)9-15-11-17;1-4(2)3/h11-13,16H,3-10H2,1-2H3,(H,15,17);4H,1-3H3. The van der Waals surface area contributed by atoms with Crippen molar-refractivity contribution in [2.75, 3.05) is 52.7 Å². The Balaban J connectivity index is 0. The van der Waals surface area contributed by atoms with Gasteiger partial charge in [-0.2, -0.15) is 0 Å². The summed E-state index contributed by atoms with van der Waals surface area (Å²) in [6.07, 6.45) is -0.719. The number of alkyl halides is 1. The van der Waals surface area contributed by atoms with Crippen LogP contribution >= 0.6 is 0 Å². The largest absolute Gasteiger partial charge is 0.378 e. The van der Waals surface area contributed by atoms with E-state index in [1.807, 2.05) is 0 Å². The molecule has 1 atom stereocenters. The molecule has 0 aliphatic rings. The van der Waals surface area contributed by atoms with Gasteiger partial charge in [0.15, 0.2) is 0 Å². The Morgan fingerprint density at radius 2 is 1.42 bits per heavy atom. The first-order valence-electron chi connectivity index (χ1n) is 8.67. The van der Waals surface area contributed by atoms with Gasteiger partial charge in [-0.25, -0.2) is 4.39 Å². The number of nitrogens with one attached hydrogen (secondary N) is 2. The summed E-state index contributed by atoms with van der Waals surface area (Å²) in [7, 11) is 0. The van der Waals surface area contributed by atoms with Crippen molar-refractivity contribution in [3.63, 3.8) is 0 Å². The SMILES string of the molecule is CC(C)C.CC(C)NCCOCCOCCOCC(F)CNC=O. The average Bonchev–Trinajstić information content (AvgIpc) is 2.49. The number of carbonyl (C=O) groups excluding carboxylic acids is 1. The summed E-state index contributed by atoms with van der Waals surface area (Å²) in [6.45, 7) is 13.9. The molecule has 24 heavy (non-hydrogen) atoms. The Kier molecular flexibility index (Phi) is 21.5. The second-order valence-corrected chi connectivity index (χ2v) is 6.26. The third kappa shape index (κ3) is 29.3. The second-order valence-electron chi connectivity index (χ2n) is 6.26. The highest BCUT2D eigenvalue weighted by atomic mass is 19.1. The average molecular weight is 352 g/mol. The molecular weight excluding hydrogens is 315 g/mol. The molecule has 0 aromatic rings. The molecule has 0 radical (unpaired) electrons. The van der Waals surface area contributed by atoms with E-state index in [0.29, 0.717) is 45.5 Å². The van der Waals surface area contributed by atoms with E-state index in [-0.39, 0.29) is 13.2 Å². The number of halogens is 1. The lowest BCUT2D eigenvalue weighted by Gasteiger charge is -2.10. The molecule has 146 valence electrons. The van der Waals surface area contributed by atoms with Gasteiger partial charge < -0.3 is 24.8 Å². The van der Waals surface area contributed by atoms with Gasteiger partial charge in [-0.05, 0) is 5.92 Å². The Morgan fingerprint density at radius 3 is 1.92 bits per heavy atom. The van der Waals surface area contributed by atoms with Crippen LogP contribution < -0.4 is 10.6 Å². The quantitative estimate of drug-likeness (QED) is 0.347. The van der Waals surface area contributed by atoms with Crippen LogP contribution in [0.3, 0.4) is 0 Å². The zero-order chi connectivity index (χ0) is 18.6. The first-order chi connectivity index (χ1) is 11.4. The molecule has 0 bridgehead atoms. The third-order valence-corrected chi connectivity index (χ3v) is 2.26. The monoisotopic (exact) mass is 352 g/mol. The molecule has 0 spiro atoms. The van der Waals surface area contributed by atoms with Gasteiger partial charge in [0.1, 0.15) is 6.17 Å². The smallest absolute Gasteiger partial charge is 0.207 e. The van der Waals surface area contributed by atoms with Gasteiger partial charge >= 0.3 is 0 Å². The molecule has 0 aliphatic carbocycles. The minimum Gasteiger partial charge on any atom is -0.378 e. The zero-order valence-corrected chi connectivity index (χ0v) is 16.0. The molecule has 1 unspecified atom stereocenters. The van der Waals surface area contributed by atoms with Crippen molar-refractivity contribution in [3.8, 4) is 0 Å². The van der Waals surface area contributed by atoms with Crippen molar-refractivity contribution in [1.82, 2.24) is 10.6 Å². The predicted molar refractivity (Wildman–Crippen MR) is 95.1 cm³/mol. The second kappa shape index (κ2) is 20.3. The fraction of sp³-hybridized carbons (Fsp3) is 0.941. The molecule has 0 fully saturated rings. The predicted octanol–water partition coefficient (Wildman–Crippen LogP) is 1.78. The summed E-state index contributed by atoms with van der Waals surface area (Å²) in [6, 6.07) is 0.466. The summed E-state index contributed by atoms with van der Waals surface area (Å²) >= 11 is 0. The summed E-state index contributed by atoms with van der Waals surface area (Å²) in [4.78, 5) is 9.93. The van der Waals surface area contributed by atoms with Gasteiger partial charge in [0.05, 0.1) is 46.2 Å². The lowest BCUT2D eigenvalue weighted by molar-refractivity contribution is -0.109. The van der Waals surface area contributed by atoms with Crippen LogP contribution in [0.4, 0.5) is 4.39 Å². The van der Waals surface area contributed by atoms with E-state index in [2.05, 4.69) is 45.3 Å². The van der Waals surface area contributed by atoms with Crippen LogP contribution in [0.15, 0.2) is 0 Å². The number of hydrogen-bond acceptors (Lipinski definition) is 5. The molecule has 0 rings (SSSR count). The van der Waals surface area contributed by atoms with E-state index in [9.17, 15) is 9.18 Å². The van der Waals surface area contributed by atoms with Crippen LogP contribution in [0.1, 0.15) is 34.6 Å². The highest BCUT2D eigenvalue weighted by molar-refractivity contribution is 5.45. The van der Waals surface area contributed by atoms with Crippen LogP contribution in [-0.4, -0.2) is 71.4 Å². The Morgan fingerprint density at radius 1 is 0.917 bits per heavy atom. The first kappa shape index (κ1) is 25.5. The molecule has 1 amide bonds. The van der Waals surface area contributed by atoms with E-state index in [1.165, 1.54) is 0 Å². The number of amides is 1. The highest BCUT2D eigenvalue weighted by Gasteiger charge is 2.04. The minimum atomic E-state index is -1.18. The van der Waals surface area contributed by atoms with E-state index in [0.717, 1.165) is 12.5 Å². The van der Waals surface area contributed by atoms with Crippen molar-refractivity contribution in [2.24, 2.45) is 5.92 Å². The Hall–Kier alpha value is -0.760. The van der Waals surface area contributed by atoms with Crippen LogP contribution in [0.25, 0.3) is 0 Å². The summed E-state index contributed by atoms with van der Waals surface area (Å²) in [5, 5.41) is 5.49. The van der Waals surface area contributed by atoms with Gasteiger partial charge in [0.25, 0.3) is 0 Å². The van der Waals surface area contributed by atoms with Crippen LogP contribution in [0, 0.1) is 5.92 Å². The topological polar surface area (TPSA) is 68.8 Å². The molecule has 2 N–H and O–H groups in total. The van der Waals surface area contributed by atoms with E-state index < -0.39 is 6.17 Å². The third-order valence-electron chi connectivity index (χ3n) is 2.26. The normalized spacial score (nSPS) is 12.0. The lowest BCUT2D eigenvalue weighted by Crippen LogP contribution is -2.27. The summed E-state index contributed by atoms with van der Waals surface area (Å²) < 4.78 is 28.6. The molecule has 0 aliphatic heterocycles. The van der Waals surface area contributed by atoms with Crippen molar-refractivity contribution >= 4 is 6.41 Å². The number of ether oxygens (including phenoxy) is 3. The first-order valence-corrected chi connectivity index (χ1v) is 8.67. The number of carbonyl (C=O) groups is 1. The highest BCUT2D eigenvalue weighted by Crippen LogP contribution is 1.90. The Bertz CT molecular complexity index is 254. The van der Waals surface area contributed by atoms with Crippen LogP contribution in [0.5, 0.6) is 0 Å². The van der Waals surface area contributed by atoms with Gasteiger partial charge in [0, 0.05) is 12.6 Å². The molecule has 7 heteroatoms. The van der Waals surface area contributed by atoms with Crippen LogP contribution in [0.2, 0.25) is 0 Å².